The normalized spacial score (nSPS) is 20.5. The lowest BCUT2D eigenvalue weighted by molar-refractivity contribution is 0.0420. The molecule has 18 heavy (non-hydrogen) atoms. The first-order valence-electron chi connectivity index (χ1n) is 6.03. The number of fused-ring (bicyclic) bond motifs is 1. The molecule has 2 N–H and O–H groups in total. The fourth-order valence-corrected chi connectivity index (χ4v) is 2.25. The molecule has 3 heterocycles. The molecule has 0 bridgehead atoms. The summed E-state index contributed by atoms with van der Waals surface area (Å²) in [5.74, 6) is 0.905. The van der Waals surface area contributed by atoms with Gasteiger partial charge in [0.25, 0.3) is 0 Å². The Balaban J connectivity index is 1.87. The summed E-state index contributed by atoms with van der Waals surface area (Å²) in [5, 5.41) is 3.14. The number of imidazole rings is 1. The fraction of sp³-hybridized carbons (Fsp3) is 0.545. The summed E-state index contributed by atoms with van der Waals surface area (Å²) in [6, 6.07) is 0. The number of hydrogen-bond donors (Lipinski definition) is 2. The van der Waals surface area contributed by atoms with Crippen molar-refractivity contribution in [3.8, 4) is 0 Å². The maximum absolute atomic E-state index is 5.69. The van der Waals surface area contributed by atoms with Crippen LogP contribution in [0.15, 0.2) is 12.7 Å². The molecule has 1 fully saturated rings. The standard InChI is InChI=1S/C11H16N6O/c1-12-4-8-5-17(2-3-18-8)11-9-10(14-6-13-9)15-7-16-11/h6-8,12H,2-5H2,1H3,(H,13,14,15,16). The molecule has 0 spiro atoms. The SMILES string of the molecule is CNCC1CN(c2ncnc3nc[nH]c23)CCO1. The summed E-state index contributed by atoms with van der Waals surface area (Å²) in [6.07, 6.45) is 3.40. The highest BCUT2D eigenvalue weighted by molar-refractivity contribution is 5.82. The van der Waals surface area contributed by atoms with Crippen molar-refractivity contribution >= 4 is 17.0 Å². The van der Waals surface area contributed by atoms with Gasteiger partial charge in [0.2, 0.25) is 0 Å². The van der Waals surface area contributed by atoms with E-state index in [0.29, 0.717) is 12.3 Å². The number of H-pyrrole nitrogens is 1. The molecule has 1 saturated heterocycles. The number of aromatic amines is 1. The number of hydrogen-bond acceptors (Lipinski definition) is 6. The Bertz CT molecular complexity index is 525. The smallest absolute Gasteiger partial charge is 0.182 e. The first kappa shape index (κ1) is 11.4. The second-order valence-electron chi connectivity index (χ2n) is 4.29. The molecule has 1 atom stereocenters. The number of likely N-dealkylation sites (N-methyl/N-ethyl adjacent to an activating group) is 1. The van der Waals surface area contributed by atoms with Gasteiger partial charge in [-0.25, -0.2) is 15.0 Å². The predicted molar refractivity (Wildman–Crippen MR) is 67.6 cm³/mol. The van der Waals surface area contributed by atoms with E-state index in [2.05, 4.69) is 30.2 Å². The Hall–Kier alpha value is -1.73. The zero-order valence-corrected chi connectivity index (χ0v) is 10.3. The molecule has 2 aromatic heterocycles. The molecule has 1 aliphatic rings. The van der Waals surface area contributed by atoms with Crippen molar-refractivity contribution in [1.82, 2.24) is 25.3 Å². The highest BCUT2D eigenvalue weighted by Gasteiger charge is 2.22. The lowest BCUT2D eigenvalue weighted by atomic mass is 10.2. The van der Waals surface area contributed by atoms with Crippen LogP contribution in [0, 0.1) is 0 Å². The van der Waals surface area contributed by atoms with Crippen LogP contribution in [0.25, 0.3) is 11.2 Å². The lowest BCUT2D eigenvalue weighted by Gasteiger charge is -2.33. The molecular weight excluding hydrogens is 232 g/mol. The second-order valence-corrected chi connectivity index (χ2v) is 4.29. The molecule has 3 rings (SSSR count). The van der Waals surface area contributed by atoms with Gasteiger partial charge in [-0.05, 0) is 7.05 Å². The second kappa shape index (κ2) is 4.87. The number of rotatable bonds is 3. The number of ether oxygens (including phenoxy) is 1. The van der Waals surface area contributed by atoms with Gasteiger partial charge in [0, 0.05) is 19.6 Å². The Morgan fingerprint density at radius 2 is 2.44 bits per heavy atom. The molecule has 0 radical (unpaired) electrons. The first-order valence-corrected chi connectivity index (χ1v) is 6.03. The van der Waals surface area contributed by atoms with Crippen molar-refractivity contribution in [2.45, 2.75) is 6.10 Å². The molecule has 7 heteroatoms. The Morgan fingerprint density at radius 3 is 3.33 bits per heavy atom. The third kappa shape index (κ3) is 2.02. The van der Waals surface area contributed by atoms with Gasteiger partial charge in [-0.15, -0.1) is 0 Å². The lowest BCUT2D eigenvalue weighted by Crippen LogP contribution is -2.46. The number of anilines is 1. The quantitative estimate of drug-likeness (QED) is 0.781. The van der Waals surface area contributed by atoms with Crippen LogP contribution in [0.4, 0.5) is 5.82 Å². The molecule has 0 aliphatic carbocycles. The van der Waals surface area contributed by atoms with Crippen molar-refractivity contribution < 1.29 is 4.74 Å². The van der Waals surface area contributed by atoms with Gasteiger partial charge < -0.3 is 19.9 Å². The van der Waals surface area contributed by atoms with Gasteiger partial charge in [-0.3, -0.25) is 0 Å². The van der Waals surface area contributed by atoms with Crippen LogP contribution in [-0.2, 0) is 4.74 Å². The fourth-order valence-electron chi connectivity index (χ4n) is 2.25. The van der Waals surface area contributed by atoms with E-state index in [0.717, 1.165) is 31.0 Å². The van der Waals surface area contributed by atoms with Gasteiger partial charge in [-0.1, -0.05) is 0 Å². The maximum atomic E-state index is 5.69. The van der Waals surface area contributed by atoms with Crippen molar-refractivity contribution in [3.05, 3.63) is 12.7 Å². The number of aromatic nitrogens is 4. The molecule has 1 aliphatic heterocycles. The zero-order chi connectivity index (χ0) is 12.4. The summed E-state index contributed by atoms with van der Waals surface area (Å²) in [4.78, 5) is 18.0. The minimum Gasteiger partial charge on any atom is -0.373 e. The number of nitrogens with zero attached hydrogens (tertiary/aromatic N) is 4. The molecule has 1 unspecified atom stereocenters. The molecule has 2 aromatic rings. The summed E-state index contributed by atoms with van der Waals surface area (Å²) < 4.78 is 5.69. The molecule has 0 amide bonds. The van der Waals surface area contributed by atoms with Gasteiger partial charge >= 0.3 is 0 Å². The van der Waals surface area contributed by atoms with E-state index in [1.165, 1.54) is 0 Å². The molecule has 0 aromatic carbocycles. The van der Waals surface area contributed by atoms with E-state index in [-0.39, 0.29) is 6.10 Å². The van der Waals surface area contributed by atoms with Gasteiger partial charge in [0.05, 0.1) is 19.0 Å². The van der Waals surface area contributed by atoms with Gasteiger partial charge in [-0.2, -0.15) is 0 Å². The Kier molecular flexibility index (Phi) is 3.07. The van der Waals surface area contributed by atoms with Crippen molar-refractivity contribution in [2.24, 2.45) is 0 Å². The van der Waals surface area contributed by atoms with Crippen LogP contribution >= 0.6 is 0 Å². The number of morpholine rings is 1. The molecular formula is C11H16N6O. The summed E-state index contributed by atoms with van der Waals surface area (Å²) in [6.45, 7) is 3.22. The van der Waals surface area contributed by atoms with E-state index in [1.54, 1.807) is 12.7 Å². The van der Waals surface area contributed by atoms with Crippen LogP contribution < -0.4 is 10.2 Å². The van der Waals surface area contributed by atoms with E-state index in [9.17, 15) is 0 Å². The molecule has 96 valence electrons. The zero-order valence-electron chi connectivity index (χ0n) is 10.3. The van der Waals surface area contributed by atoms with Gasteiger partial charge in [0.1, 0.15) is 11.8 Å². The topological polar surface area (TPSA) is 79.0 Å². The van der Waals surface area contributed by atoms with E-state index in [4.69, 9.17) is 4.74 Å². The van der Waals surface area contributed by atoms with Crippen LogP contribution in [0.2, 0.25) is 0 Å². The minimum atomic E-state index is 0.191. The maximum Gasteiger partial charge on any atom is 0.182 e. The molecule has 0 saturated carbocycles. The predicted octanol–water partition coefficient (Wildman–Crippen LogP) is -0.222. The molecule has 7 nitrogen and oxygen atoms in total. The minimum absolute atomic E-state index is 0.191. The third-order valence-electron chi connectivity index (χ3n) is 3.07. The largest absolute Gasteiger partial charge is 0.373 e. The first-order chi connectivity index (χ1) is 8.88. The van der Waals surface area contributed by atoms with E-state index < -0.39 is 0 Å². The van der Waals surface area contributed by atoms with E-state index in [1.807, 2.05) is 7.05 Å². The summed E-state index contributed by atoms with van der Waals surface area (Å²) in [7, 11) is 1.93. The average molecular weight is 248 g/mol. The van der Waals surface area contributed by atoms with Crippen LogP contribution in [0.3, 0.4) is 0 Å². The Labute approximate surface area is 105 Å². The summed E-state index contributed by atoms with van der Waals surface area (Å²) >= 11 is 0. The Morgan fingerprint density at radius 1 is 1.50 bits per heavy atom. The van der Waals surface area contributed by atoms with E-state index >= 15 is 0 Å². The highest BCUT2D eigenvalue weighted by atomic mass is 16.5. The monoisotopic (exact) mass is 248 g/mol. The average Bonchev–Trinajstić information content (AvgIpc) is 2.87. The van der Waals surface area contributed by atoms with Crippen molar-refractivity contribution in [1.29, 1.82) is 0 Å². The van der Waals surface area contributed by atoms with Crippen LogP contribution in [0.1, 0.15) is 0 Å². The van der Waals surface area contributed by atoms with Gasteiger partial charge in [0.15, 0.2) is 11.5 Å². The van der Waals surface area contributed by atoms with Crippen LogP contribution in [-0.4, -0.2) is 59.3 Å². The van der Waals surface area contributed by atoms with Crippen molar-refractivity contribution in [2.75, 3.05) is 38.2 Å². The van der Waals surface area contributed by atoms with Crippen molar-refractivity contribution in [3.63, 3.8) is 0 Å². The third-order valence-corrected chi connectivity index (χ3v) is 3.07. The highest BCUT2D eigenvalue weighted by Crippen LogP contribution is 2.21. The number of nitrogens with one attached hydrogen (secondary N) is 2. The van der Waals surface area contributed by atoms with Crippen LogP contribution in [0.5, 0.6) is 0 Å². The summed E-state index contributed by atoms with van der Waals surface area (Å²) in [5.41, 5.74) is 1.60.